The van der Waals surface area contributed by atoms with Crippen LogP contribution in [0.4, 0.5) is 0 Å². The Hall–Kier alpha value is -2.80. The number of rotatable bonds is 4. The Balaban J connectivity index is 2.04. The fourth-order valence-electron chi connectivity index (χ4n) is 2.17. The number of aromatic nitrogens is 4. The summed E-state index contributed by atoms with van der Waals surface area (Å²) in [7, 11) is 0. The van der Waals surface area contributed by atoms with Crippen LogP contribution in [0.2, 0.25) is 0 Å². The maximum absolute atomic E-state index is 10.7. The molecule has 3 rings (SSSR count). The minimum Gasteiger partial charge on any atom is -0.481 e. The van der Waals surface area contributed by atoms with E-state index in [9.17, 15) is 4.79 Å². The molecule has 0 spiro atoms. The molecular formula is C15H12N4O2S. The highest BCUT2D eigenvalue weighted by Gasteiger charge is 2.10. The highest BCUT2D eigenvalue weighted by molar-refractivity contribution is 7.71. The second-order valence-electron chi connectivity index (χ2n) is 4.66. The average molecular weight is 312 g/mol. The first-order chi connectivity index (χ1) is 10.6. The predicted octanol–water partition coefficient (Wildman–Crippen LogP) is 2.62. The number of H-pyrrole nitrogens is 1. The van der Waals surface area contributed by atoms with Crippen molar-refractivity contribution in [1.82, 2.24) is 19.7 Å². The summed E-state index contributed by atoms with van der Waals surface area (Å²) in [6.07, 6.45) is 3.37. The van der Waals surface area contributed by atoms with Crippen LogP contribution in [-0.4, -0.2) is 30.8 Å². The van der Waals surface area contributed by atoms with Crippen LogP contribution in [0.1, 0.15) is 5.56 Å². The van der Waals surface area contributed by atoms with Crippen molar-refractivity contribution in [2.75, 3.05) is 0 Å². The Labute approximate surface area is 131 Å². The third-order valence-electron chi connectivity index (χ3n) is 3.16. The Bertz CT molecular complexity index is 853. The molecule has 2 heterocycles. The molecule has 7 heteroatoms. The summed E-state index contributed by atoms with van der Waals surface area (Å²) in [4.78, 5) is 14.7. The van der Waals surface area contributed by atoms with Gasteiger partial charge in [0.25, 0.3) is 0 Å². The molecule has 2 N–H and O–H groups in total. The molecule has 2 aromatic heterocycles. The van der Waals surface area contributed by atoms with Crippen LogP contribution in [0.3, 0.4) is 0 Å². The normalized spacial score (nSPS) is 10.5. The molecule has 110 valence electrons. The minimum atomic E-state index is -0.856. The van der Waals surface area contributed by atoms with Crippen molar-refractivity contribution in [3.8, 4) is 17.1 Å². The average Bonchev–Trinajstić information content (AvgIpc) is 2.90. The van der Waals surface area contributed by atoms with Gasteiger partial charge in [0.1, 0.15) is 0 Å². The van der Waals surface area contributed by atoms with E-state index in [4.69, 9.17) is 17.3 Å². The van der Waals surface area contributed by atoms with Crippen molar-refractivity contribution in [2.45, 2.75) is 6.42 Å². The van der Waals surface area contributed by atoms with E-state index in [0.717, 1.165) is 16.8 Å². The van der Waals surface area contributed by atoms with Gasteiger partial charge in [-0.3, -0.25) is 19.4 Å². The Morgan fingerprint density at radius 2 is 1.86 bits per heavy atom. The third-order valence-corrected chi connectivity index (χ3v) is 3.43. The monoisotopic (exact) mass is 312 g/mol. The van der Waals surface area contributed by atoms with Gasteiger partial charge < -0.3 is 5.11 Å². The summed E-state index contributed by atoms with van der Waals surface area (Å²) in [5, 5.41) is 15.9. The van der Waals surface area contributed by atoms with E-state index in [1.54, 1.807) is 29.1 Å². The molecule has 0 unspecified atom stereocenters. The topological polar surface area (TPSA) is 83.8 Å². The van der Waals surface area contributed by atoms with Crippen LogP contribution in [0.5, 0.6) is 0 Å². The smallest absolute Gasteiger partial charge is 0.307 e. The standard InChI is InChI=1S/C15H12N4O2S/c20-13(21)9-10-1-3-12(4-2-10)19-14(17-18-15(19)22)11-5-7-16-8-6-11/h1-8H,9H2,(H,18,22)(H,20,21). The van der Waals surface area contributed by atoms with Crippen LogP contribution in [0.25, 0.3) is 17.1 Å². The highest BCUT2D eigenvalue weighted by atomic mass is 32.1. The highest BCUT2D eigenvalue weighted by Crippen LogP contribution is 2.21. The van der Waals surface area contributed by atoms with Crippen molar-refractivity contribution in [1.29, 1.82) is 0 Å². The number of nitrogens with zero attached hydrogens (tertiary/aromatic N) is 3. The third kappa shape index (κ3) is 2.79. The van der Waals surface area contributed by atoms with Crippen LogP contribution >= 0.6 is 12.2 Å². The van der Waals surface area contributed by atoms with E-state index in [2.05, 4.69) is 15.2 Å². The predicted molar refractivity (Wildman–Crippen MR) is 83.3 cm³/mol. The van der Waals surface area contributed by atoms with Crippen molar-refractivity contribution in [3.05, 3.63) is 59.1 Å². The zero-order valence-corrected chi connectivity index (χ0v) is 12.2. The van der Waals surface area contributed by atoms with E-state index in [-0.39, 0.29) is 6.42 Å². The van der Waals surface area contributed by atoms with E-state index < -0.39 is 5.97 Å². The molecule has 22 heavy (non-hydrogen) atoms. The molecule has 0 fully saturated rings. The summed E-state index contributed by atoms with van der Waals surface area (Å²) in [5.74, 6) is -0.177. The van der Waals surface area contributed by atoms with Gasteiger partial charge >= 0.3 is 5.97 Å². The van der Waals surface area contributed by atoms with E-state index >= 15 is 0 Å². The molecule has 0 saturated heterocycles. The first-order valence-corrected chi connectivity index (χ1v) is 6.95. The number of carboxylic acids is 1. The number of carbonyl (C=O) groups is 1. The van der Waals surface area contributed by atoms with Crippen LogP contribution in [-0.2, 0) is 11.2 Å². The largest absolute Gasteiger partial charge is 0.481 e. The number of aromatic amines is 1. The van der Waals surface area contributed by atoms with Gasteiger partial charge in [-0.25, -0.2) is 0 Å². The van der Waals surface area contributed by atoms with Gasteiger partial charge in [0, 0.05) is 23.6 Å². The number of nitrogens with one attached hydrogen (secondary N) is 1. The molecule has 0 atom stereocenters. The van der Waals surface area contributed by atoms with E-state index in [1.807, 2.05) is 24.3 Å². The molecule has 0 aliphatic heterocycles. The van der Waals surface area contributed by atoms with Crippen molar-refractivity contribution < 1.29 is 9.90 Å². The summed E-state index contributed by atoms with van der Waals surface area (Å²) >= 11 is 5.29. The Morgan fingerprint density at radius 3 is 2.50 bits per heavy atom. The summed E-state index contributed by atoms with van der Waals surface area (Å²) in [5.41, 5.74) is 2.44. The lowest BCUT2D eigenvalue weighted by molar-refractivity contribution is -0.136. The zero-order valence-electron chi connectivity index (χ0n) is 11.4. The van der Waals surface area contributed by atoms with Crippen molar-refractivity contribution in [3.63, 3.8) is 0 Å². The summed E-state index contributed by atoms with van der Waals surface area (Å²) < 4.78 is 2.27. The van der Waals surface area contributed by atoms with Crippen LogP contribution in [0, 0.1) is 4.77 Å². The number of carboxylic acid groups (broad SMARTS) is 1. The van der Waals surface area contributed by atoms with Crippen molar-refractivity contribution >= 4 is 18.2 Å². The van der Waals surface area contributed by atoms with E-state index in [0.29, 0.717) is 10.6 Å². The molecule has 0 bridgehead atoms. The second kappa shape index (κ2) is 5.90. The van der Waals surface area contributed by atoms with Gasteiger partial charge in [0.05, 0.1) is 6.42 Å². The molecule has 0 aliphatic rings. The fraction of sp³-hybridized carbons (Fsp3) is 0.0667. The molecule has 1 aromatic carbocycles. The van der Waals surface area contributed by atoms with Gasteiger partial charge in [-0.2, -0.15) is 5.10 Å². The van der Waals surface area contributed by atoms with Gasteiger partial charge in [0.15, 0.2) is 10.6 Å². The lowest BCUT2D eigenvalue weighted by Crippen LogP contribution is -2.01. The zero-order chi connectivity index (χ0) is 15.5. The first kappa shape index (κ1) is 14.2. The second-order valence-corrected chi connectivity index (χ2v) is 5.05. The maximum atomic E-state index is 10.7. The SMILES string of the molecule is O=C(O)Cc1ccc(-n2c(-c3ccncc3)n[nH]c2=S)cc1. The van der Waals surface area contributed by atoms with Gasteiger partial charge in [-0.1, -0.05) is 12.1 Å². The van der Waals surface area contributed by atoms with Gasteiger partial charge in [0.2, 0.25) is 0 Å². The molecule has 0 amide bonds. The number of pyridine rings is 1. The van der Waals surface area contributed by atoms with E-state index in [1.165, 1.54) is 0 Å². The van der Waals surface area contributed by atoms with Crippen molar-refractivity contribution in [2.24, 2.45) is 0 Å². The van der Waals surface area contributed by atoms with Crippen LogP contribution < -0.4 is 0 Å². The molecule has 0 aliphatic carbocycles. The summed E-state index contributed by atoms with van der Waals surface area (Å²) in [6, 6.07) is 10.9. The number of benzene rings is 1. The Kier molecular flexibility index (Phi) is 3.80. The molecule has 0 radical (unpaired) electrons. The number of hydrogen-bond acceptors (Lipinski definition) is 4. The molecular weight excluding hydrogens is 300 g/mol. The molecule has 0 saturated carbocycles. The molecule has 3 aromatic rings. The Morgan fingerprint density at radius 1 is 1.18 bits per heavy atom. The fourth-order valence-corrected chi connectivity index (χ4v) is 2.41. The number of hydrogen-bond donors (Lipinski definition) is 2. The minimum absolute atomic E-state index is 0.00568. The van der Waals surface area contributed by atoms with Crippen LogP contribution in [0.15, 0.2) is 48.8 Å². The number of aliphatic carboxylic acids is 1. The quantitative estimate of drug-likeness (QED) is 0.724. The summed E-state index contributed by atoms with van der Waals surface area (Å²) in [6.45, 7) is 0. The lowest BCUT2D eigenvalue weighted by Gasteiger charge is -2.07. The van der Waals surface area contributed by atoms with Gasteiger partial charge in [-0.15, -0.1) is 0 Å². The first-order valence-electron chi connectivity index (χ1n) is 6.54. The van der Waals surface area contributed by atoms with Gasteiger partial charge in [-0.05, 0) is 42.0 Å². The lowest BCUT2D eigenvalue weighted by atomic mass is 10.1. The maximum Gasteiger partial charge on any atom is 0.307 e. The molecule has 6 nitrogen and oxygen atoms in total.